The van der Waals surface area contributed by atoms with Crippen LogP contribution in [0.2, 0.25) is 5.02 Å². The van der Waals surface area contributed by atoms with Gasteiger partial charge in [-0.05, 0) is 31.0 Å². The number of aliphatic carboxylic acids is 1. The lowest BCUT2D eigenvalue weighted by Gasteiger charge is -2.08. The standard InChI is InChI=1S/C15H14ClN3O4/c16-12-5-10(1-4-13(12)23-8-14(20)21)18-15(22)9-6-17-19(7-9)11-2-3-11/h1,4-7,11H,2-3,8H2,(H,18,22)(H,20,21). The van der Waals surface area contributed by atoms with E-state index in [1.54, 1.807) is 16.9 Å². The molecule has 1 aromatic carbocycles. The number of amides is 1. The summed E-state index contributed by atoms with van der Waals surface area (Å²) in [5, 5.41) is 15.7. The predicted molar refractivity (Wildman–Crippen MR) is 83.0 cm³/mol. The van der Waals surface area contributed by atoms with E-state index in [0.29, 0.717) is 17.3 Å². The van der Waals surface area contributed by atoms with Gasteiger partial charge in [0.25, 0.3) is 5.91 Å². The molecule has 0 spiro atoms. The molecule has 2 N–H and O–H groups in total. The molecule has 0 bridgehead atoms. The maximum Gasteiger partial charge on any atom is 0.341 e. The van der Waals surface area contributed by atoms with Gasteiger partial charge in [-0.25, -0.2) is 4.79 Å². The van der Waals surface area contributed by atoms with Gasteiger partial charge in [-0.1, -0.05) is 11.6 Å². The van der Waals surface area contributed by atoms with Crippen molar-refractivity contribution in [1.29, 1.82) is 0 Å². The Bertz CT molecular complexity index is 755. The summed E-state index contributed by atoms with van der Waals surface area (Å²) in [6, 6.07) is 5.01. The number of benzene rings is 1. The quantitative estimate of drug-likeness (QED) is 0.846. The summed E-state index contributed by atoms with van der Waals surface area (Å²) in [6.45, 7) is -0.480. The maximum absolute atomic E-state index is 12.2. The van der Waals surface area contributed by atoms with Crippen LogP contribution >= 0.6 is 11.6 Å². The molecule has 1 aromatic heterocycles. The van der Waals surface area contributed by atoms with Gasteiger partial charge in [0.1, 0.15) is 5.75 Å². The Morgan fingerprint density at radius 3 is 2.87 bits per heavy atom. The minimum Gasteiger partial charge on any atom is -0.480 e. The highest BCUT2D eigenvalue weighted by molar-refractivity contribution is 6.32. The molecule has 0 aliphatic heterocycles. The van der Waals surface area contributed by atoms with E-state index in [9.17, 15) is 9.59 Å². The monoisotopic (exact) mass is 335 g/mol. The van der Waals surface area contributed by atoms with Crippen molar-refractivity contribution in [2.75, 3.05) is 11.9 Å². The zero-order valence-electron chi connectivity index (χ0n) is 12.0. The Morgan fingerprint density at radius 1 is 1.43 bits per heavy atom. The zero-order chi connectivity index (χ0) is 16.4. The summed E-state index contributed by atoms with van der Waals surface area (Å²) in [5.74, 6) is -1.13. The lowest BCUT2D eigenvalue weighted by Crippen LogP contribution is -2.12. The highest BCUT2D eigenvalue weighted by atomic mass is 35.5. The zero-order valence-corrected chi connectivity index (χ0v) is 12.8. The topological polar surface area (TPSA) is 93.4 Å². The van der Waals surface area contributed by atoms with Gasteiger partial charge >= 0.3 is 5.97 Å². The fourth-order valence-electron chi connectivity index (χ4n) is 2.03. The molecule has 1 saturated carbocycles. The first kappa shape index (κ1) is 15.4. The average Bonchev–Trinajstić information content (AvgIpc) is 3.23. The molecule has 2 aromatic rings. The van der Waals surface area contributed by atoms with E-state index in [1.807, 2.05) is 0 Å². The Kier molecular flexibility index (Phi) is 4.20. The van der Waals surface area contributed by atoms with Crippen LogP contribution < -0.4 is 10.1 Å². The average molecular weight is 336 g/mol. The number of rotatable bonds is 6. The molecule has 3 rings (SSSR count). The molecule has 1 fully saturated rings. The largest absolute Gasteiger partial charge is 0.480 e. The highest BCUT2D eigenvalue weighted by Gasteiger charge is 2.25. The van der Waals surface area contributed by atoms with E-state index in [2.05, 4.69) is 10.4 Å². The van der Waals surface area contributed by atoms with Crippen molar-refractivity contribution in [3.8, 4) is 5.75 Å². The smallest absolute Gasteiger partial charge is 0.341 e. The van der Waals surface area contributed by atoms with Crippen molar-refractivity contribution in [3.05, 3.63) is 41.2 Å². The van der Waals surface area contributed by atoms with Crippen molar-refractivity contribution in [1.82, 2.24) is 9.78 Å². The second-order valence-electron chi connectivity index (χ2n) is 5.22. The summed E-state index contributed by atoms with van der Waals surface area (Å²) in [5.41, 5.74) is 0.959. The lowest BCUT2D eigenvalue weighted by molar-refractivity contribution is -0.139. The second kappa shape index (κ2) is 6.29. The van der Waals surface area contributed by atoms with E-state index in [4.69, 9.17) is 21.4 Å². The van der Waals surface area contributed by atoms with Crippen LogP contribution in [-0.4, -0.2) is 33.4 Å². The predicted octanol–water partition coefficient (Wildman–Crippen LogP) is 2.59. The van der Waals surface area contributed by atoms with Gasteiger partial charge in [0.15, 0.2) is 6.61 Å². The van der Waals surface area contributed by atoms with Gasteiger partial charge in [0, 0.05) is 11.9 Å². The Hall–Kier alpha value is -2.54. The van der Waals surface area contributed by atoms with Gasteiger partial charge < -0.3 is 15.2 Å². The summed E-state index contributed by atoms with van der Waals surface area (Å²) in [7, 11) is 0. The molecule has 23 heavy (non-hydrogen) atoms. The van der Waals surface area contributed by atoms with Gasteiger partial charge in [0.05, 0.1) is 22.8 Å². The Labute approximate surface area is 136 Å². The van der Waals surface area contributed by atoms with Crippen LogP contribution in [0.1, 0.15) is 29.2 Å². The number of carboxylic acid groups (broad SMARTS) is 1. The summed E-state index contributed by atoms with van der Waals surface area (Å²) in [6.07, 6.45) is 5.44. The van der Waals surface area contributed by atoms with Crippen molar-refractivity contribution in [3.63, 3.8) is 0 Å². The molecular formula is C15H14ClN3O4. The molecule has 1 amide bonds. The minimum atomic E-state index is -1.09. The maximum atomic E-state index is 12.2. The highest BCUT2D eigenvalue weighted by Crippen LogP contribution is 2.34. The first-order chi connectivity index (χ1) is 11.0. The van der Waals surface area contributed by atoms with Crippen LogP contribution in [0.5, 0.6) is 5.75 Å². The fourth-order valence-corrected chi connectivity index (χ4v) is 2.27. The Balaban J connectivity index is 1.65. The molecule has 0 radical (unpaired) electrons. The van der Waals surface area contributed by atoms with Crippen molar-refractivity contribution < 1.29 is 19.4 Å². The number of aromatic nitrogens is 2. The summed E-state index contributed by atoms with van der Waals surface area (Å²) < 4.78 is 6.82. The minimum absolute atomic E-state index is 0.220. The van der Waals surface area contributed by atoms with Crippen LogP contribution in [0.15, 0.2) is 30.6 Å². The van der Waals surface area contributed by atoms with Crippen LogP contribution in [0.4, 0.5) is 5.69 Å². The number of halogens is 1. The number of carbonyl (C=O) groups excluding carboxylic acids is 1. The van der Waals surface area contributed by atoms with E-state index in [0.717, 1.165) is 12.8 Å². The van der Waals surface area contributed by atoms with E-state index in [-0.39, 0.29) is 16.7 Å². The third-order valence-electron chi connectivity index (χ3n) is 3.33. The lowest BCUT2D eigenvalue weighted by atomic mass is 10.2. The van der Waals surface area contributed by atoms with Crippen LogP contribution in [0, 0.1) is 0 Å². The third-order valence-corrected chi connectivity index (χ3v) is 3.62. The number of carboxylic acids is 1. The molecular weight excluding hydrogens is 322 g/mol. The normalized spacial score (nSPS) is 13.6. The van der Waals surface area contributed by atoms with Crippen LogP contribution in [0.25, 0.3) is 0 Å². The number of carbonyl (C=O) groups is 2. The summed E-state index contributed by atoms with van der Waals surface area (Å²) in [4.78, 5) is 22.6. The SMILES string of the molecule is O=C(O)COc1ccc(NC(=O)c2cnn(C3CC3)c2)cc1Cl. The van der Waals surface area contributed by atoms with Gasteiger partial charge in [-0.3, -0.25) is 9.48 Å². The molecule has 0 unspecified atom stereocenters. The Morgan fingerprint density at radius 2 is 2.22 bits per heavy atom. The van der Waals surface area contributed by atoms with Crippen LogP contribution in [-0.2, 0) is 4.79 Å². The first-order valence-electron chi connectivity index (χ1n) is 7.02. The molecule has 1 heterocycles. The van der Waals surface area contributed by atoms with Gasteiger partial charge in [0.2, 0.25) is 0 Å². The number of hydrogen-bond acceptors (Lipinski definition) is 4. The number of nitrogens with zero attached hydrogens (tertiary/aromatic N) is 2. The number of anilines is 1. The number of ether oxygens (including phenoxy) is 1. The van der Waals surface area contributed by atoms with Crippen LogP contribution in [0.3, 0.4) is 0 Å². The van der Waals surface area contributed by atoms with Gasteiger partial charge in [-0.2, -0.15) is 5.10 Å². The number of hydrogen-bond donors (Lipinski definition) is 2. The molecule has 0 saturated heterocycles. The van der Waals surface area contributed by atoms with Crippen molar-refractivity contribution in [2.24, 2.45) is 0 Å². The fraction of sp³-hybridized carbons (Fsp3) is 0.267. The number of nitrogens with one attached hydrogen (secondary N) is 1. The van der Waals surface area contributed by atoms with Gasteiger partial charge in [-0.15, -0.1) is 0 Å². The molecule has 1 aliphatic carbocycles. The second-order valence-corrected chi connectivity index (χ2v) is 5.63. The molecule has 1 aliphatic rings. The molecule has 8 heteroatoms. The third kappa shape index (κ3) is 3.81. The summed E-state index contributed by atoms with van der Waals surface area (Å²) >= 11 is 6.01. The first-order valence-corrected chi connectivity index (χ1v) is 7.40. The molecule has 120 valence electrons. The van der Waals surface area contributed by atoms with E-state index < -0.39 is 12.6 Å². The molecule has 7 nitrogen and oxygen atoms in total. The molecule has 0 atom stereocenters. The van der Waals surface area contributed by atoms with Crippen molar-refractivity contribution >= 4 is 29.2 Å². The van der Waals surface area contributed by atoms with E-state index >= 15 is 0 Å². The van der Waals surface area contributed by atoms with Crippen molar-refractivity contribution in [2.45, 2.75) is 18.9 Å². The van der Waals surface area contributed by atoms with E-state index in [1.165, 1.54) is 18.3 Å².